The largest absolute Gasteiger partial charge is 0.484 e. The summed E-state index contributed by atoms with van der Waals surface area (Å²) in [5.41, 5.74) is 1.57. The average molecular weight is 365 g/mol. The molecule has 0 saturated heterocycles. The minimum atomic E-state index is -0.222. The Kier molecular flexibility index (Phi) is 5.81. The van der Waals surface area contributed by atoms with E-state index in [-0.39, 0.29) is 24.3 Å². The van der Waals surface area contributed by atoms with Crippen molar-refractivity contribution in [2.75, 3.05) is 6.61 Å². The summed E-state index contributed by atoms with van der Waals surface area (Å²) in [7, 11) is 0. The molecule has 26 heavy (non-hydrogen) atoms. The van der Waals surface area contributed by atoms with Crippen LogP contribution in [0.5, 0.6) is 5.75 Å². The normalized spacial score (nSPS) is 11.6. The van der Waals surface area contributed by atoms with Crippen molar-refractivity contribution in [1.29, 1.82) is 0 Å². The second-order valence-corrected chi connectivity index (χ2v) is 6.78. The molecule has 0 aliphatic rings. The van der Waals surface area contributed by atoms with E-state index < -0.39 is 0 Å². The van der Waals surface area contributed by atoms with Crippen LogP contribution >= 0.6 is 11.3 Å². The van der Waals surface area contributed by atoms with E-state index in [1.807, 2.05) is 47.8 Å². The highest BCUT2D eigenvalue weighted by atomic mass is 32.1. The van der Waals surface area contributed by atoms with Crippen LogP contribution in [0, 0.1) is 0 Å². The highest BCUT2D eigenvalue weighted by Gasteiger charge is 2.18. The van der Waals surface area contributed by atoms with E-state index in [9.17, 15) is 9.59 Å². The molecule has 0 spiro atoms. The fourth-order valence-corrected chi connectivity index (χ4v) is 3.38. The van der Waals surface area contributed by atoms with Crippen LogP contribution in [0.25, 0.3) is 0 Å². The van der Waals surface area contributed by atoms with Crippen molar-refractivity contribution in [2.24, 2.45) is 0 Å². The number of hydrogen-bond acceptors (Lipinski definition) is 4. The number of benzene rings is 2. The fraction of sp³-hybridized carbons (Fsp3) is 0.143. The third kappa shape index (κ3) is 4.58. The summed E-state index contributed by atoms with van der Waals surface area (Å²) in [5.74, 6) is 0.238. The Labute approximate surface area is 156 Å². The van der Waals surface area contributed by atoms with Crippen LogP contribution in [0.2, 0.25) is 0 Å². The van der Waals surface area contributed by atoms with Crippen molar-refractivity contribution in [3.63, 3.8) is 0 Å². The third-order valence-corrected chi connectivity index (χ3v) is 4.81. The summed E-state index contributed by atoms with van der Waals surface area (Å²) in [5, 5.41) is 5.01. The maximum atomic E-state index is 12.4. The van der Waals surface area contributed by atoms with E-state index in [0.717, 1.165) is 10.4 Å². The van der Waals surface area contributed by atoms with Gasteiger partial charge in [-0.3, -0.25) is 9.59 Å². The van der Waals surface area contributed by atoms with E-state index in [0.29, 0.717) is 11.3 Å². The van der Waals surface area contributed by atoms with Crippen molar-refractivity contribution in [3.05, 3.63) is 88.1 Å². The number of carbonyl (C=O) groups excluding carboxylic acids is 2. The standard InChI is InChI=1S/C21H19NO3S/c1-15(23)17-9-5-10-18(13-17)25-14-20(24)22-21(19-11-6-12-26-19)16-7-3-2-4-8-16/h2-13,21H,14H2,1H3,(H,22,24). The third-order valence-electron chi connectivity index (χ3n) is 3.88. The maximum absolute atomic E-state index is 12.4. The summed E-state index contributed by atoms with van der Waals surface area (Å²) >= 11 is 1.59. The van der Waals surface area contributed by atoms with Crippen LogP contribution < -0.4 is 10.1 Å². The van der Waals surface area contributed by atoms with Crippen LogP contribution in [0.4, 0.5) is 0 Å². The molecule has 0 aliphatic carbocycles. The van der Waals surface area contributed by atoms with Gasteiger partial charge in [-0.15, -0.1) is 11.3 Å². The molecule has 132 valence electrons. The molecule has 3 aromatic rings. The molecule has 1 heterocycles. The molecule has 0 saturated carbocycles. The van der Waals surface area contributed by atoms with Gasteiger partial charge >= 0.3 is 0 Å². The van der Waals surface area contributed by atoms with Gasteiger partial charge < -0.3 is 10.1 Å². The van der Waals surface area contributed by atoms with Gasteiger partial charge in [-0.1, -0.05) is 48.5 Å². The first-order valence-electron chi connectivity index (χ1n) is 8.25. The van der Waals surface area contributed by atoms with Gasteiger partial charge in [0.2, 0.25) is 0 Å². The minimum absolute atomic E-state index is 0.0401. The van der Waals surface area contributed by atoms with E-state index in [1.54, 1.807) is 35.6 Å². The Morgan fingerprint density at radius 1 is 1.04 bits per heavy atom. The number of rotatable bonds is 7. The zero-order valence-corrected chi connectivity index (χ0v) is 15.2. The van der Waals surface area contributed by atoms with Crippen LogP contribution in [-0.2, 0) is 4.79 Å². The quantitative estimate of drug-likeness (QED) is 0.637. The number of thiophene rings is 1. The maximum Gasteiger partial charge on any atom is 0.258 e. The molecule has 1 unspecified atom stereocenters. The van der Waals surface area contributed by atoms with Crippen LogP contribution in [0.1, 0.15) is 33.8 Å². The highest BCUT2D eigenvalue weighted by Crippen LogP contribution is 2.25. The summed E-state index contributed by atoms with van der Waals surface area (Å²) < 4.78 is 5.55. The Hall–Kier alpha value is -2.92. The second kappa shape index (κ2) is 8.45. The van der Waals surface area contributed by atoms with Gasteiger partial charge in [0.1, 0.15) is 5.75 Å². The van der Waals surface area contributed by atoms with Gasteiger partial charge in [0.05, 0.1) is 6.04 Å². The average Bonchev–Trinajstić information content (AvgIpc) is 3.20. The van der Waals surface area contributed by atoms with Crippen molar-refractivity contribution < 1.29 is 14.3 Å². The zero-order valence-electron chi connectivity index (χ0n) is 14.3. The Balaban J connectivity index is 1.67. The van der Waals surface area contributed by atoms with E-state index in [2.05, 4.69) is 5.32 Å². The molecule has 0 fully saturated rings. The summed E-state index contributed by atoms with van der Waals surface area (Å²) in [6, 6.07) is 20.4. The monoisotopic (exact) mass is 365 g/mol. The number of Topliss-reactive ketones (excluding diaryl/α,β-unsaturated/α-hetero) is 1. The highest BCUT2D eigenvalue weighted by molar-refractivity contribution is 7.10. The molecule has 0 radical (unpaired) electrons. The van der Waals surface area contributed by atoms with Gasteiger partial charge in [0, 0.05) is 10.4 Å². The molecule has 5 heteroatoms. The molecule has 2 aromatic carbocycles. The summed E-state index contributed by atoms with van der Waals surface area (Å²) in [6.07, 6.45) is 0. The Morgan fingerprint density at radius 2 is 1.85 bits per heavy atom. The van der Waals surface area contributed by atoms with E-state index in [4.69, 9.17) is 4.74 Å². The molecular weight excluding hydrogens is 346 g/mol. The molecule has 1 amide bonds. The molecule has 0 aliphatic heterocycles. The van der Waals surface area contributed by atoms with E-state index >= 15 is 0 Å². The lowest BCUT2D eigenvalue weighted by Gasteiger charge is -2.18. The van der Waals surface area contributed by atoms with Crippen molar-refractivity contribution >= 4 is 23.0 Å². The van der Waals surface area contributed by atoms with E-state index in [1.165, 1.54) is 6.92 Å². The predicted molar refractivity (Wildman–Crippen MR) is 103 cm³/mol. The fourth-order valence-electron chi connectivity index (χ4n) is 2.58. The molecule has 3 rings (SSSR count). The van der Waals surface area contributed by atoms with Gasteiger partial charge in [-0.25, -0.2) is 0 Å². The summed E-state index contributed by atoms with van der Waals surface area (Å²) in [6.45, 7) is 1.38. The molecule has 1 N–H and O–H groups in total. The van der Waals surface area contributed by atoms with Crippen LogP contribution in [0.3, 0.4) is 0 Å². The van der Waals surface area contributed by atoms with Crippen molar-refractivity contribution in [3.8, 4) is 5.75 Å². The number of nitrogens with one attached hydrogen (secondary N) is 1. The lowest BCUT2D eigenvalue weighted by molar-refractivity contribution is -0.123. The van der Waals surface area contributed by atoms with Crippen LogP contribution in [0.15, 0.2) is 72.1 Å². The number of ether oxygens (including phenoxy) is 1. The number of hydrogen-bond donors (Lipinski definition) is 1. The van der Waals surface area contributed by atoms with Gasteiger partial charge in [-0.05, 0) is 36.1 Å². The first kappa shape index (κ1) is 17.9. The van der Waals surface area contributed by atoms with Gasteiger partial charge in [-0.2, -0.15) is 0 Å². The van der Waals surface area contributed by atoms with Crippen molar-refractivity contribution in [2.45, 2.75) is 13.0 Å². The lowest BCUT2D eigenvalue weighted by Crippen LogP contribution is -2.32. The second-order valence-electron chi connectivity index (χ2n) is 5.80. The van der Waals surface area contributed by atoms with Gasteiger partial charge in [0.15, 0.2) is 12.4 Å². The summed E-state index contributed by atoms with van der Waals surface area (Å²) in [4.78, 5) is 24.9. The molecule has 1 aromatic heterocycles. The first-order chi connectivity index (χ1) is 12.6. The Bertz CT molecular complexity index is 875. The molecule has 4 nitrogen and oxygen atoms in total. The first-order valence-corrected chi connectivity index (χ1v) is 9.13. The molecule has 1 atom stereocenters. The number of carbonyl (C=O) groups is 2. The Morgan fingerprint density at radius 3 is 2.54 bits per heavy atom. The minimum Gasteiger partial charge on any atom is -0.484 e. The zero-order chi connectivity index (χ0) is 18.4. The van der Waals surface area contributed by atoms with Crippen molar-refractivity contribution in [1.82, 2.24) is 5.32 Å². The van der Waals surface area contributed by atoms with Crippen LogP contribution in [-0.4, -0.2) is 18.3 Å². The predicted octanol–water partition coefficient (Wildman–Crippen LogP) is 4.24. The lowest BCUT2D eigenvalue weighted by atomic mass is 10.1. The molecular formula is C21H19NO3S. The molecule has 0 bridgehead atoms. The smallest absolute Gasteiger partial charge is 0.258 e. The number of amides is 1. The number of ketones is 1. The topological polar surface area (TPSA) is 55.4 Å². The van der Waals surface area contributed by atoms with Gasteiger partial charge in [0.25, 0.3) is 5.91 Å². The SMILES string of the molecule is CC(=O)c1cccc(OCC(=O)NC(c2ccccc2)c2cccs2)c1.